The number of ether oxygens (including phenoxy) is 3. The molecule has 10 nitrogen and oxygen atoms in total. The standard InChI is InChI=1S/C88H94N5O5.Zn/c1-7-11-15-19-21-25-58-96-79-36-27-30-60(5)81(79)84-73-52-50-71(89-73)68(48-42-64-43-49-70-83-67(64)34-29-35-69(83)87(94)98-88(70)95)72-51-53-74(90-72)85(82-61(6)31-28-37-80(82)97-59-26-22-20-16-12-8-2)76-55-57-78(92-76)86(77-56-54-75(84)91-77)93(65-44-38-62(39-45-65)32-23-17-13-9-3)66-46-40-63(41-47-66)33-24-18-14-10-4;/h27-31,34-41,43-47,49-57H,7-26,32-33,58-59H2,1-6H3,(H-,89,90,91,92,94,95);/q-1;+2/p-1. The number of carbonyl (C=O) groups excluding carboxylic acids is 2. The summed E-state index contributed by atoms with van der Waals surface area (Å²) in [7, 11) is 0. The zero-order valence-corrected chi connectivity index (χ0v) is 62.0. The monoisotopic (exact) mass is 1360 g/mol. The Morgan fingerprint density at radius 3 is 1.41 bits per heavy atom. The molecule has 0 spiro atoms. The van der Waals surface area contributed by atoms with Crippen molar-refractivity contribution in [1.82, 2.24) is 19.9 Å². The summed E-state index contributed by atoms with van der Waals surface area (Å²) in [6.45, 7) is 14.5. The van der Waals surface area contributed by atoms with E-state index in [0.29, 0.717) is 68.7 Å². The van der Waals surface area contributed by atoms with Gasteiger partial charge < -0.3 is 29.1 Å². The van der Waals surface area contributed by atoms with Crippen LogP contribution in [0.15, 0.2) is 140 Å². The smallest absolute Gasteiger partial charge is 0.656 e. The Morgan fingerprint density at radius 1 is 0.424 bits per heavy atom. The van der Waals surface area contributed by atoms with Crippen molar-refractivity contribution in [1.29, 1.82) is 0 Å². The quantitative estimate of drug-likeness (QED) is 0.0137. The molecule has 0 aliphatic carbocycles. The van der Waals surface area contributed by atoms with Crippen LogP contribution in [0.2, 0.25) is 0 Å². The predicted octanol–water partition coefficient (Wildman–Crippen LogP) is 22.9. The summed E-state index contributed by atoms with van der Waals surface area (Å²) < 4.78 is 19.0. The molecule has 3 aliphatic heterocycles. The maximum Gasteiger partial charge on any atom is 2.00 e. The molecule has 6 aromatic carbocycles. The Kier molecular flexibility index (Phi) is 24.9. The van der Waals surface area contributed by atoms with Crippen LogP contribution in [0.3, 0.4) is 0 Å². The maximum atomic E-state index is 13.2. The fraction of sp³-hybridized carbons (Fsp3) is 0.341. The first-order valence-electron chi connectivity index (χ1n) is 36.5. The van der Waals surface area contributed by atoms with Crippen LogP contribution in [0.25, 0.3) is 79.4 Å². The number of hydrogen-bond acceptors (Lipinski definition) is 8. The minimum absolute atomic E-state index is 0. The number of anilines is 3. The number of carbonyl (C=O) groups is 2. The zero-order valence-electron chi connectivity index (χ0n) is 59.0. The fourth-order valence-corrected chi connectivity index (χ4v) is 14.0. The van der Waals surface area contributed by atoms with E-state index in [1.165, 1.54) is 101 Å². The molecule has 11 heteroatoms. The van der Waals surface area contributed by atoms with Crippen LogP contribution >= 0.6 is 0 Å². The van der Waals surface area contributed by atoms with E-state index in [0.717, 1.165) is 136 Å². The number of unbranched alkanes of at least 4 members (excludes halogenated alkanes) is 16. The van der Waals surface area contributed by atoms with Crippen molar-refractivity contribution < 1.29 is 43.3 Å². The van der Waals surface area contributed by atoms with E-state index in [1.54, 1.807) is 18.2 Å². The van der Waals surface area contributed by atoms with Gasteiger partial charge in [0.25, 0.3) is 0 Å². The second-order valence-corrected chi connectivity index (χ2v) is 26.6. The Balaban J connectivity index is 0.00000990. The van der Waals surface area contributed by atoms with Crippen LogP contribution in [-0.2, 0) is 37.1 Å². The second kappa shape index (κ2) is 34.6. The molecule has 0 saturated heterocycles. The minimum atomic E-state index is -0.680. The molecule has 6 heterocycles. The maximum absolute atomic E-state index is 13.2. The number of fused-ring (bicyclic) bond motifs is 8. The predicted molar refractivity (Wildman–Crippen MR) is 405 cm³/mol. The molecule has 3 aromatic heterocycles. The first-order valence-corrected chi connectivity index (χ1v) is 36.5. The molecule has 0 saturated carbocycles. The molecule has 0 unspecified atom stereocenters. The number of nitrogens with zero attached hydrogens (tertiary/aromatic N) is 5. The van der Waals surface area contributed by atoms with E-state index < -0.39 is 11.9 Å². The van der Waals surface area contributed by atoms with Crippen LogP contribution in [0.5, 0.6) is 11.5 Å². The van der Waals surface area contributed by atoms with Gasteiger partial charge in [0.05, 0.1) is 52.8 Å². The fourth-order valence-electron chi connectivity index (χ4n) is 14.0. The number of rotatable bonds is 31. The first kappa shape index (κ1) is 71.2. The molecule has 3 aliphatic rings. The molecule has 0 fully saturated rings. The molecule has 0 amide bonds. The second-order valence-electron chi connectivity index (χ2n) is 26.6. The normalized spacial score (nSPS) is 12.2. The summed E-state index contributed by atoms with van der Waals surface area (Å²) in [6.07, 6.45) is 33.7. The van der Waals surface area contributed by atoms with E-state index in [4.69, 9.17) is 34.1 Å². The summed E-state index contributed by atoms with van der Waals surface area (Å²) in [5.74, 6) is 7.28. The van der Waals surface area contributed by atoms with Gasteiger partial charge in [-0.2, -0.15) is 0 Å². The number of cyclic esters (lactones) is 2. The summed E-state index contributed by atoms with van der Waals surface area (Å²) in [4.78, 5) is 51.7. The molecule has 0 atom stereocenters. The third kappa shape index (κ3) is 16.6. The van der Waals surface area contributed by atoms with Crippen LogP contribution in [-0.4, -0.2) is 35.1 Å². The van der Waals surface area contributed by atoms with Gasteiger partial charge in [0.1, 0.15) is 11.5 Å². The van der Waals surface area contributed by atoms with Gasteiger partial charge in [-0.25, -0.2) is 19.6 Å². The molecular formula is C88H93N5O5Zn. The Labute approximate surface area is 598 Å². The average Bonchev–Trinajstić information content (AvgIpc) is 1.75. The Bertz CT molecular complexity index is 4500. The van der Waals surface area contributed by atoms with Gasteiger partial charge in [-0.3, -0.25) is 0 Å². The molecule has 0 N–H and O–H groups in total. The third-order valence-electron chi connectivity index (χ3n) is 19.3. The summed E-state index contributed by atoms with van der Waals surface area (Å²) in [5.41, 5.74) is 18.3. The van der Waals surface area contributed by atoms with Crippen molar-refractivity contribution in [3.63, 3.8) is 0 Å². The molecular weight excluding hydrogens is 1270 g/mol. The van der Waals surface area contributed by atoms with Gasteiger partial charge in [-0.1, -0.05) is 227 Å². The molecule has 12 rings (SSSR count). The average molecular weight is 1370 g/mol. The van der Waals surface area contributed by atoms with Crippen molar-refractivity contribution in [2.75, 3.05) is 18.1 Å². The number of esters is 2. The molecule has 8 bridgehead atoms. The molecule has 99 heavy (non-hydrogen) atoms. The van der Waals surface area contributed by atoms with Crippen molar-refractivity contribution in [2.45, 2.75) is 183 Å². The van der Waals surface area contributed by atoms with Crippen molar-refractivity contribution in [3.8, 4) is 45.6 Å². The largest absolute Gasteiger partial charge is 2.00 e. The van der Waals surface area contributed by atoms with Gasteiger partial charge in [-0.05, 0) is 170 Å². The van der Waals surface area contributed by atoms with Crippen LogP contribution in [0, 0.1) is 25.7 Å². The topological polar surface area (TPSA) is 119 Å². The first-order chi connectivity index (χ1) is 48.1. The van der Waals surface area contributed by atoms with Crippen molar-refractivity contribution in [2.24, 2.45) is 0 Å². The third-order valence-corrected chi connectivity index (χ3v) is 19.3. The Hall–Kier alpha value is -9.10. The summed E-state index contributed by atoms with van der Waals surface area (Å²) in [6, 6.07) is 48.1. The van der Waals surface area contributed by atoms with Crippen LogP contribution in [0.4, 0.5) is 17.1 Å². The van der Waals surface area contributed by atoms with Gasteiger partial charge in [-0.15, -0.1) is 22.1 Å². The van der Waals surface area contributed by atoms with E-state index in [-0.39, 0.29) is 19.5 Å². The molecule has 502 valence electrons. The Morgan fingerprint density at radius 2 is 0.869 bits per heavy atom. The molecule has 0 radical (unpaired) electrons. The summed E-state index contributed by atoms with van der Waals surface area (Å²) >= 11 is 0. The SMILES string of the molecule is CCCCCCCCOc1cccc(C)c1-c1c2nc(c(N(c3ccc(CCCCCC)cc3)c3ccc(CCCCCC)cc3)c3ccc([n-]3)c(-c3c(C)cccc3OCCCCCCCC)c3nc(c(C#Cc4ccc5c6c(cccc46)C(=O)OC5=O)c4ccc1[n-]4)C=C3)C=C2.[Zn+2]. The van der Waals surface area contributed by atoms with E-state index >= 15 is 0 Å². The van der Waals surface area contributed by atoms with Crippen molar-refractivity contribution in [3.05, 3.63) is 207 Å². The van der Waals surface area contributed by atoms with Crippen LogP contribution < -0.4 is 24.3 Å². The number of aromatic nitrogens is 4. The van der Waals surface area contributed by atoms with Gasteiger partial charge in [0, 0.05) is 39.0 Å². The van der Waals surface area contributed by atoms with E-state index in [1.807, 2.05) is 24.3 Å². The number of hydrogen-bond donors (Lipinski definition) is 0. The zero-order chi connectivity index (χ0) is 67.7. The van der Waals surface area contributed by atoms with E-state index in [9.17, 15) is 9.59 Å². The van der Waals surface area contributed by atoms with Gasteiger partial charge in [0.2, 0.25) is 0 Å². The van der Waals surface area contributed by atoms with Gasteiger partial charge >= 0.3 is 31.4 Å². The minimum Gasteiger partial charge on any atom is -0.656 e. The van der Waals surface area contributed by atoms with Crippen molar-refractivity contribution >= 4 is 86.1 Å². The van der Waals surface area contributed by atoms with E-state index in [2.05, 4.69) is 180 Å². The van der Waals surface area contributed by atoms with Gasteiger partial charge in [0.15, 0.2) is 0 Å². The number of benzene rings is 6. The number of aryl methyl sites for hydroxylation is 4. The molecule has 9 aromatic rings. The van der Waals surface area contributed by atoms with Crippen LogP contribution in [0.1, 0.15) is 233 Å². The summed E-state index contributed by atoms with van der Waals surface area (Å²) in [5, 5.41) is 1.19.